The third kappa shape index (κ3) is 6.42. The van der Waals surface area contributed by atoms with Crippen molar-refractivity contribution in [1.82, 2.24) is 25.1 Å². The number of hydrogen-bond donors (Lipinski definition) is 4. The molecule has 0 radical (unpaired) electrons. The number of rotatable bonds is 8. The number of carbonyl (C=O) groups is 2. The Bertz CT molecular complexity index is 1980. The number of carbonyl (C=O) groups excluding carboxylic acids is 2. The molecule has 0 unspecified atom stereocenters. The molecule has 46 heavy (non-hydrogen) atoms. The molecule has 12 heteroatoms. The van der Waals surface area contributed by atoms with Crippen molar-refractivity contribution in [2.24, 2.45) is 0 Å². The molecule has 234 valence electrons. The maximum atomic E-state index is 13.6. The molecule has 4 aromatic rings. The lowest BCUT2D eigenvalue weighted by atomic mass is 10.0. The van der Waals surface area contributed by atoms with Gasteiger partial charge in [-0.1, -0.05) is 42.5 Å². The number of nitrogens with zero attached hydrogens (tertiary/aromatic N) is 3. The van der Waals surface area contributed by atoms with Crippen LogP contribution in [0.15, 0.2) is 83.8 Å². The Balaban J connectivity index is 1.10. The second-order valence-electron chi connectivity index (χ2n) is 11.3. The highest BCUT2D eigenvalue weighted by Crippen LogP contribution is 2.36. The molecule has 3 aromatic carbocycles. The predicted molar refractivity (Wildman–Crippen MR) is 172 cm³/mol. The highest BCUT2D eigenvalue weighted by molar-refractivity contribution is 6.32. The van der Waals surface area contributed by atoms with Gasteiger partial charge < -0.3 is 26.2 Å². The second-order valence-corrected chi connectivity index (χ2v) is 11.3. The van der Waals surface area contributed by atoms with Crippen LogP contribution in [-0.4, -0.2) is 46.9 Å². The van der Waals surface area contributed by atoms with Gasteiger partial charge in [0.2, 0.25) is 0 Å². The van der Waals surface area contributed by atoms with E-state index in [2.05, 4.69) is 43.3 Å². The lowest BCUT2D eigenvalue weighted by Crippen LogP contribution is -2.33. The van der Waals surface area contributed by atoms with Gasteiger partial charge >= 0.3 is 0 Å². The first-order chi connectivity index (χ1) is 22.2. The number of amides is 2. The Morgan fingerprint density at radius 1 is 1.00 bits per heavy atom. The molecule has 0 saturated carbocycles. The van der Waals surface area contributed by atoms with E-state index in [0.717, 1.165) is 51.8 Å². The summed E-state index contributed by atoms with van der Waals surface area (Å²) in [5, 5.41) is 12.3. The Hall–Kier alpha value is -5.62. The molecule has 0 atom stereocenters. The van der Waals surface area contributed by atoms with E-state index in [-0.39, 0.29) is 24.6 Å². The van der Waals surface area contributed by atoms with E-state index in [9.17, 15) is 23.2 Å². The van der Waals surface area contributed by atoms with Crippen LogP contribution in [0.1, 0.15) is 38.2 Å². The van der Waals surface area contributed by atoms with Crippen molar-refractivity contribution in [3.63, 3.8) is 0 Å². The van der Waals surface area contributed by atoms with Crippen LogP contribution in [-0.2, 0) is 24.4 Å². The van der Waals surface area contributed by atoms with Gasteiger partial charge in [-0.3, -0.25) is 19.0 Å². The Morgan fingerprint density at radius 2 is 1.83 bits per heavy atom. The molecule has 3 heterocycles. The molecule has 4 N–H and O–H groups in total. The molecule has 0 saturated heterocycles. The molecule has 2 aliphatic heterocycles. The maximum absolute atomic E-state index is 13.6. The minimum Gasteiger partial charge on any atom is -0.367 e. The molecule has 0 spiro atoms. The van der Waals surface area contributed by atoms with Crippen LogP contribution in [0.2, 0.25) is 0 Å². The van der Waals surface area contributed by atoms with E-state index in [1.807, 2.05) is 38.4 Å². The first-order valence-corrected chi connectivity index (χ1v) is 14.6. The Labute approximate surface area is 263 Å². The van der Waals surface area contributed by atoms with E-state index in [4.69, 9.17) is 0 Å². The summed E-state index contributed by atoms with van der Waals surface area (Å²) in [6.45, 7) is 1.49. The fourth-order valence-corrected chi connectivity index (χ4v) is 5.43. The summed E-state index contributed by atoms with van der Waals surface area (Å²) in [6.07, 6.45) is 5.91. The number of fused-ring (bicyclic) bond motifs is 2. The molecule has 0 fully saturated rings. The third-order valence-electron chi connectivity index (χ3n) is 7.60. The van der Waals surface area contributed by atoms with Crippen LogP contribution in [0.5, 0.6) is 0 Å². The summed E-state index contributed by atoms with van der Waals surface area (Å²) in [6, 6.07) is 15.2. The molecular formula is C34H31F2N7O3. The summed E-state index contributed by atoms with van der Waals surface area (Å²) in [5.74, 6) is -2.20. The van der Waals surface area contributed by atoms with Gasteiger partial charge in [0.1, 0.15) is 11.4 Å². The van der Waals surface area contributed by atoms with Gasteiger partial charge in [-0.25, -0.2) is 13.8 Å². The summed E-state index contributed by atoms with van der Waals surface area (Å²) >= 11 is 0. The zero-order valence-corrected chi connectivity index (χ0v) is 25.2. The van der Waals surface area contributed by atoms with Crippen molar-refractivity contribution in [2.75, 3.05) is 31.3 Å². The summed E-state index contributed by atoms with van der Waals surface area (Å²) in [4.78, 5) is 44.6. The van der Waals surface area contributed by atoms with E-state index in [0.29, 0.717) is 29.2 Å². The SMILES string of the molecule is CN(C)Cc1ccc2c(c1)CNC(=C1C(=O)Nc3cc(/C=C/CNC(=O)c4cncn(Cc5ccc(F)c(F)c5)c4=O)ccc31)N2. The van der Waals surface area contributed by atoms with Gasteiger partial charge in [-0.05, 0) is 60.6 Å². The highest BCUT2D eigenvalue weighted by Gasteiger charge is 2.29. The van der Waals surface area contributed by atoms with Crippen molar-refractivity contribution in [2.45, 2.75) is 19.6 Å². The number of benzene rings is 3. The van der Waals surface area contributed by atoms with Crippen LogP contribution in [0, 0.1) is 11.6 Å². The van der Waals surface area contributed by atoms with Gasteiger partial charge in [-0.2, -0.15) is 0 Å². The smallest absolute Gasteiger partial charge is 0.266 e. The van der Waals surface area contributed by atoms with Crippen molar-refractivity contribution < 1.29 is 18.4 Å². The quantitative estimate of drug-likeness (QED) is 0.220. The van der Waals surface area contributed by atoms with Crippen molar-refractivity contribution in [1.29, 1.82) is 0 Å². The van der Waals surface area contributed by atoms with Crippen LogP contribution < -0.4 is 26.8 Å². The normalized spacial score (nSPS) is 15.3. The van der Waals surface area contributed by atoms with Gasteiger partial charge in [0.25, 0.3) is 17.4 Å². The molecule has 6 rings (SSSR count). The molecule has 0 aliphatic carbocycles. The summed E-state index contributed by atoms with van der Waals surface area (Å²) in [5.41, 5.74) is 5.64. The maximum Gasteiger partial charge on any atom is 0.266 e. The van der Waals surface area contributed by atoms with Crippen molar-refractivity contribution in [3.05, 3.63) is 134 Å². The summed E-state index contributed by atoms with van der Waals surface area (Å²) < 4.78 is 28.0. The fraction of sp³-hybridized carbons (Fsp3) is 0.176. The van der Waals surface area contributed by atoms with Crippen LogP contribution in [0.3, 0.4) is 0 Å². The Kier molecular flexibility index (Phi) is 8.45. The predicted octanol–water partition coefficient (Wildman–Crippen LogP) is 3.91. The highest BCUT2D eigenvalue weighted by atomic mass is 19.2. The first-order valence-electron chi connectivity index (χ1n) is 14.6. The topological polar surface area (TPSA) is 120 Å². The fourth-order valence-electron chi connectivity index (χ4n) is 5.43. The molecule has 1 aromatic heterocycles. The zero-order valence-electron chi connectivity index (χ0n) is 25.2. The van der Waals surface area contributed by atoms with Gasteiger partial charge in [0, 0.05) is 42.8 Å². The van der Waals surface area contributed by atoms with Crippen LogP contribution in [0.4, 0.5) is 20.2 Å². The van der Waals surface area contributed by atoms with Gasteiger partial charge in [-0.15, -0.1) is 0 Å². The van der Waals surface area contributed by atoms with E-state index in [1.165, 1.54) is 18.0 Å². The van der Waals surface area contributed by atoms with E-state index in [1.54, 1.807) is 12.2 Å². The summed E-state index contributed by atoms with van der Waals surface area (Å²) in [7, 11) is 4.06. The molecule has 2 amide bonds. The Morgan fingerprint density at radius 3 is 2.63 bits per heavy atom. The lowest BCUT2D eigenvalue weighted by molar-refractivity contribution is -0.110. The van der Waals surface area contributed by atoms with E-state index < -0.39 is 23.1 Å². The minimum atomic E-state index is -1.03. The first kappa shape index (κ1) is 30.4. The number of hydrogen-bond acceptors (Lipinski definition) is 7. The average molecular weight is 624 g/mol. The standard InChI is InChI=1S/C34H31F2N7O3/c1-42(2)17-21-7-10-28-23(12-21)15-39-31(40-28)30-24-8-5-20(14-29(24)41-33(30)45)4-3-11-38-32(44)25-16-37-19-43(34(25)46)18-22-6-9-26(35)27(36)13-22/h3-10,12-14,16,19,39-40H,11,15,17-18H2,1-2H3,(H,38,44)(H,41,45)/b4-3+,31-30?. The van der Waals surface area contributed by atoms with Crippen molar-refractivity contribution >= 4 is 34.8 Å². The van der Waals surface area contributed by atoms with Crippen LogP contribution >= 0.6 is 0 Å². The average Bonchev–Trinajstić information content (AvgIpc) is 3.36. The molecule has 2 aliphatic rings. The van der Waals surface area contributed by atoms with Crippen LogP contribution in [0.25, 0.3) is 11.6 Å². The zero-order chi connectivity index (χ0) is 32.4. The minimum absolute atomic E-state index is 0.0748. The largest absolute Gasteiger partial charge is 0.367 e. The van der Waals surface area contributed by atoms with Crippen molar-refractivity contribution in [3.8, 4) is 0 Å². The number of anilines is 2. The monoisotopic (exact) mass is 623 g/mol. The molecule has 10 nitrogen and oxygen atoms in total. The number of nitrogens with one attached hydrogen (secondary N) is 4. The number of halogens is 2. The molecular weight excluding hydrogens is 592 g/mol. The van der Waals surface area contributed by atoms with Gasteiger partial charge in [0.15, 0.2) is 11.6 Å². The second kappa shape index (κ2) is 12.8. The van der Waals surface area contributed by atoms with Gasteiger partial charge in [0.05, 0.1) is 18.4 Å². The third-order valence-corrected chi connectivity index (χ3v) is 7.60. The lowest BCUT2D eigenvalue weighted by Gasteiger charge is -2.25. The molecule has 0 bridgehead atoms. The number of aromatic nitrogens is 2. The van der Waals surface area contributed by atoms with E-state index >= 15 is 0 Å².